The summed E-state index contributed by atoms with van der Waals surface area (Å²) >= 11 is 1.57. The molecule has 4 heterocycles. The van der Waals surface area contributed by atoms with Gasteiger partial charge in [0, 0.05) is 29.9 Å². The fraction of sp³-hybridized carbons (Fsp3) is 0.250. The fourth-order valence-electron chi connectivity index (χ4n) is 3.54. The second kappa shape index (κ2) is 4.61. The van der Waals surface area contributed by atoms with Crippen molar-refractivity contribution >= 4 is 38.4 Å². The van der Waals surface area contributed by atoms with E-state index < -0.39 is 15.6 Å². The Morgan fingerprint density at radius 1 is 1.40 bits per heavy atom. The zero-order valence-electron chi connectivity index (χ0n) is 13.4. The summed E-state index contributed by atoms with van der Waals surface area (Å²) in [5.74, 6) is 0.0277. The molecule has 0 fully saturated rings. The van der Waals surface area contributed by atoms with Gasteiger partial charge in [0.05, 0.1) is 10.6 Å². The molecule has 1 aliphatic carbocycles. The third-order valence-electron chi connectivity index (χ3n) is 4.86. The number of nitrogens with one attached hydrogen (secondary N) is 1. The van der Waals surface area contributed by atoms with E-state index in [9.17, 15) is 8.42 Å². The summed E-state index contributed by atoms with van der Waals surface area (Å²) in [6, 6.07) is 8.07. The highest BCUT2D eigenvalue weighted by atomic mass is 32.2. The maximum absolute atomic E-state index is 12.4. The van der Waals surface area contributed by atoms with Crippen LogP contribution in [-0.4, -0.2) is 41.5 Å². The van der Waals surface area contributed by atoms with Gasteiger partial charge >= 0.3 is 0 Å². The van der Waals surface area contributed by atoms with Gasteiger partial charge in [-0.3, -0.25) is 0 Å². The maximum atomic E-state index is 12.4. The number of aromatic nitrogens is 2. The SMILES string of the molecule is CN1C(N)=N[C@@]2(Cc3cc(-c4cc5cccnc5[nH]4)sc32)CS1(=O)=O. The summed E-state index contributed by atoms with van der Waals surface area (Å²) in [6.07, 6.45) is 2.35. The van der Waals surface area contributed by atoms with Gasteiger partial charge in [0.2, 0.25) is 16.0 Å². The third kappa shape index (κ3) is 1.99. The molecule has 0 saturated carbocycles. The number of nitrogens with zero attached hydrogens (tertiary/aromatic N) is 3. The number of nitrogens with two attached hydrogens (primary N) is 1. The Morgan fingerprint density at radius 2 is 2.24 bits per heavy atom. The number of guanidine groups is 1. The second-order valence-electron chi connectivity index (χ2n) is 6.49. The van der Waals surface area contributed by atoms with Crippen molar-refractivity contribution in [3.8, 4) is 10.6 Å². The van der Waals surface area contributed by atoms with Crippen molar-refractivity contribution < 1.29 is 8.42 Å². The summed E-state index contributed by atoms with van der Waals surface area (Å²) in [7, 11) is -1.99. The van der Waals surface area contributed by atoms with Crippen LogP contribution in [0.2, 0.25) is 0 Å². The molecule has 5 rings (SSSR count). The highest BCUT2D eigenvalue weighted by Gasteiger charge is 2.52. The number of aliphatic imine (C=N–C) groups is 1. The van der Waals surface area contributed by atoms with Crippen molar-refractivity contribution in [2.75, 3.05) is 12.8 Å². The van der Waals surface area contributed by atoms with Crippen molar-refractivity contribution in [1.29, 1.82) is 0 Å². The lowest BCUT2D eigenvalue weighted by atomic mass is 9.79. The molecule has 1 aliphatic heterocycles. The first-order valence-corrected chi connectivity index (χ1v) is 10.2. The third-order valence-corrected chi connectivity index (χ3v) is 8.13. The van der Waals surface area contributed by atoms with E-state index in [0.717, 1.165) is 36.4 Å². The maximum Gasteiger partial charge on any atom is 0.239 e. The quantitative estimate of drug-likeness (QED) is 0.676. The second-order valence-corrected chi connectivity index (χ2v) is 9.54. The molecule has 7 nitrogen and oxygen atoms in total. The van der Waals surface area contributed by atoms with E-state index >= 15 is 0 Å². The first-order chi connectivity index (χ1) is 11.9. The molecule has 3 aromatic heterocycles. The van der Waals surface area contributed by atoms with Crippen molar-refractivity contribution in [2.45, 2.75) is 12.0 Å². The van der Waals surface area contributed by atoms with Gasteiger partial charge in [0.15, 0.2) is 0 Å². The van der Waals surface area contributed by atoms with Crippen molar-refractivity contribution in [3.63, 3.8) is 0 Å². The number of sulfonamides is 1. The first-order valence-electron chi connectivity index (χ1n) is 7.77. The van der Waals surface area contributed by atoms with Crippen LogP contribution < -0.4 is 5.73 Å². The lowest BCUT2D eigenvalue weighted by molar-refractivity contribution is 0.411. The zero-order valence-corrected chi connectivity index (χ0v) is 15.0. The Morgan fingerprint density at radius 3 is 3.00 bits per heavy atom. The minimum atomic E-state index is -3.43. The van der Waals surface area contributed by atoms with Crippen LogP contribution in [0.5, 0.6) is 0 Å². The minimum Gasteiger partial charge on any atom is -0.369 e. The molecule has 0 saturated heterocycles. The van der Waals surface area contributed by atoms with Crippen LogP contribution in [0, 0.1) is 0 Å². The molecule has 128 valence electrons. The van der Waals surface area contributed by atoms with Gasteiger partial charge in [-0.2, -0.15) is 0 Å². The van der Waals surface area contributed by atoms with Crippen LogP contribution in [-0.2, 0) is 22.0 Å². The van der Waals surface area contributed by atoms with Gasteiger partial charge < -0.3 is 10.7 Å². The van der Waals surface area contributed by atoms with Gasteiger partial charge in [-0.05, 0) is 29.8 Å². The molecular formula is C16H15N5O2S2. The predicted octanol–water partition coefficient (Wildman–Crippen LogP) is 1.63. The van der Waals surface area contributed by atoms with Gasteiger partial charge in [-0.15, -0.1) is 11.3 Å². The summed E-state index contributed by atoms with van der Waals surface area (Å²) in [6.45, 7) is 0. The Bertz CT molecular complexity index is 1130. The van der Waals surface area contributed by atoms with Crippen LogP contribution in [0.1, 0.15) is 10.4 Å². The van der Waals surface area contributed by atoms with E-state index in [4.69, 9.17) is 5.73 Å². The van der Waals surface area contributed by atoms with Crippen molar-refractivity contribution in [1.82, 2.24) is 14.3 Å². The summed E-state index contributed by atoms with van der Waals surface area (Å²) in [5.41, 5.74) is 8.09. The average Bonchev–Trinajstić information content (AvgIpc) is 3.13. The topological polar surface area (TPSA) is 104 Å². The molecule has 0 radical (unpaired) electrons. The number of fused-ring (bicyclic) bond motifs is 3. The van der Waals surface area contributed by atoms with Crippen LogP contribution >= 0.6 is 11.3 Å². The van der Waals surface area contributed by atoms with Crippen LogP contribution in [0.3, 0.4) is 0 Å². The number of H-pyrrole nitrogens is 1. The summed E-state index contributed by atoms with van der Waals surface area (Å²) in [5, 5.41) is 1.05. The Hall–Kier alpha value is -2.39. The highest BCUT2D eigenvalue weighted by molar-refractivity contribution is 7.89. The van der Waals surface area contributed by atoms with Gasteiger partial charge in [0.25, 0.3) is 0 Å². The van der Waals surface area contributed by atoms with E-state index in [1.807, 2.05) is 12.1 Å². The number of hydrogen-bond donors (Lipinski definition) is 2. The molecule has 0 bridgehead atoms. The largest absolute Gasteiger partial charge is 0.369 e. The number of aromatic amines is 1. The minimum absolute atomic E-state index is 0.0294. The molecular weight excluding hydrogens is 358 g/mol. The van der Waals surface area contributed by atoms with Crippen LogP contribution in [0.4, 0.5) is 0 Å². The normalized spacial score (nSPS) is 24.2. The molecule has 2 aliphatic rings. The van der Waals surface area contributed by atoms with E-state index in [0.29, 0.717) is 6.42 Å². The number of pyridine rings is 1. The molecule has 9 heteroatoms. The summed E-state index contributed by atoms with van der Waals surface area (Å²) in [4.78, 5) is 14.2. The fourth-order valence-corrected chi connectivity index (χ4v) is 6.34. The zero-order chi connectivity index (χ0) is 17.4. The van der Waals surface area contributed by atoms with E-state index in [1.54, 1.807) is 17.5 Å². The molecule has 1 atom stereocenters. The highest BCUT2D eigenvalue weighted by Crippen LogP contribution is 2.51. The van der Waals surface area contributed by atoms with Crippen molar-refractivity contribution in [3.05, 3.63) is 40.9 Å². The Balaban J connectivity index is 1.60. The lowest BCUT2D eigenvalue weighted by Crippen LogP contribution is -2.54. The molecule has 3 N–H and O–H groups in total. The van der Waals surface area contributed by atoms with Crippen LogP contribution in [0.25, 0.3) is 21.6 Å². The lowest BCUT2D eigenvalue weighted by Gasteiger charge is -2.42. The standard InChI is InChI=1S/C16H15N5O2S2/c1-21-15(17)20-16(8-25(21,22)23)7-10-6-12(24-13(10)16)11-5-9-3-2-4-18-14(9)19-11/h2-6H,7-8H2,1H3,(H2,17,20)(H,18,19)/t16-/m0/s1. The van der Waals surface area contributed by atoms with Gasteiger partial charge in [-0.1, -0.05) is 0 Å². The van der Waals surface area contributed by atoms with Crippen LogP contribution in [0.15, 0.2) is 35.5 Å². The average molecular weight is 373 g/mol. The van der Waals surface area contributed by atoms with E-state index in [1.165, 1.54) is 7.05 Å². The monoisotopic (exact) mass is 373 g/mol. The van der Waals surface area contributed by atoms with E-state index in [-0.39, 0.29) is 11.7 Å². The number of hydrogen-bond acceptors (Lipinski definition) is 6. The summed E-state index contributed by atoms with van der Waals surface area (Å²) < 4.78 is 25.8. The van der Waals surface area contributed by atoms with Gasteiger partial charge in [0.1, 0.15) is 16.9 Å². The van der Waals surface area contributed by atoms with Gasteiger partial charge in [-0.25, -0.2) is 22.7 Å². The predicted molar refractivity (Wildman–Crippen MR) is 98.0 cm³/mol. The molecule has 0 unspecified atom stereocenters. The molecule has 0 aromatic carbocycles. The molecule has 1 spiro atoms. The smallest absolute Gasteiger partial charge is 0.239 e. The van der Waals surface area contributed by atoms with E-state index in [2.05, 4.69) is 27.1 Å². The molecule has 25 heavy (non-hydrogen) atoms. The molecule has 0 amide bonds. The molecule has 3 aromatic rings. The number of rotatable bonds is 1. The first kappa shape index (κ1) is 14.9. The van der Waals surface area contributed by atoms with Crippen molar-refractivity contribution in [2.24, 2.45) is 10.7 Å². The Kier molecular flexibility index (Phi) is 2.75. The Labute approximate surface area is 148 Å². The number of thiophene rings is 1.